The summed E-state index contributed by atoms with van der Waals surface area (Å²) in [5.74, 6) is 2.17. The predicted molar refractivity (Wildman–Crippen MR) is 51.8 cm³/mol. The second-order valence-corrected chi connectivity index (χ2v) is 4.13. The van der Waals surface area contributed by atoms with Crippen molar-refractivity contribution in [3.8, 4) is 0 Å². The van der Waals surface area contributed by atoms with Crippen LogP contribution in [0.5, 0.6) is 0 Å². The van der Waals surface area contributed by atoms with E-state index >= 15 is 0 Å². The summed E-state index contributed by atoms with van der Waals surface area (Å²) in [6.45, 7) is 4.24. The summed E-state index contributed by atoms with van der Waals surface area (Å²) in [5.41, 5.74) is 1.68. The van der Waals surface area contributed by atoms with Gasteiger partial charge in [-0.15, -0.1) is 0 Å². The molecule has 0 aliphatic rings. The van der Waals surface area contributed by atoms with Crippen LogP contribution in [0.3, 0.4) is 0 Å². The molecule has 0 unspecified atom stereocenters. The Morgan fingerprint density at radius 2 is 1.78 bits per heavy atom. The van der Waals surface area contributed by atoms with E-state index in [1.807, 2.05) is 3.71 Å². The fourth-order valence-corrected chi connectivity index (χ4v) is 2.28. The van der Waals surface area contributed by atoms with Crippen LogP contribution in [0.1, 0.15) is 13.8 Å². The molecule has 54 valence electrons. The molecule has 0 aromatic carbocycles. The Kier molecular flexibility index (Phi) is 7.15. The minimum absolute atomic E-state index is 1.08. The molecule has 0 aliphatic carbocycles. The molecule has 1 nitrogen and oxygen atoms in total. The summed E-state index contributed by atoms with van der Waals surface area (Å²) in [7, 11) is 0. The fraction of sp³-hybridized carbons (Fsp3) is 0.800. The van der Waals surface area contributed by atoms with Crippen LogP contribution in [0.2, 0.25) is 0 Å². The summed E-state index contributed by atoms with van der Waals surface area (Å²) < 4.78 is 2.01. The van der Waals surface area contributed by atoms with Crippen molar-refractivity contribution < 1.29 is 0 Å². The molecule has 0 saturated heterocycles. The van der Waals surface area contributed by atoms with Crippen LogP contribution in [-0.4, -0.2) is 20.7 Å². The molecule has 0 bridgehead atoms. The molecule has 4 heteroatoms. The minimum atomic E-state index is 1.08. The molecular formula is C5H11NS3. The van der Waals surface area contributed by atoms with Gasteiger partial charge in [-0.1, -0.05) is 26.1 Å². The molecule has 0 fully saturated rings. The van der Waals surface area contributed by atoms with E-state index in [1.54, 1.807) is 29.4 Å². The van der Waals surface area contributed by atoms with Gasteiger partial charge in [-0.3, -0.25) is 3.71 Å². The number of nitrogens with zero attached hydrogens (tertiary/aromatic N) is 1. The topological polar surface area (TPSA) is 3.24 Å². The average Bonchev–Trinajstić information content (AvgIpc) is 1.88. The van der Waals surface area contributed by atoms with Crippen molar-refractivity contribution in [3.63, 3.8) is 0 Å². The zero-order chi connectivity index (χ0) is 7.11. The Balaban J connectivity index is 3.29. The zero-order valence-corrected chi connectivity index (χ0v) is 8.11. The smallest absolute Gasteiger partial charge is 0.0862 e. The minimum Gasteiger partial charge on any atom is -0.255 e. The van der Waals surface area contributed by atoms with Gasteiger partial charge in [0, 0.05) is 11.5 Å². The van der Waals surface area contributed by atoms with Gasteiger partial charge < -0.3 is 0 Å². The largest absolute Gasteiger partial charge is 0.255 e. The van der Waals surface area contributed by atoms with E-state index in [9.17, 15) is 0 Å². The van der Waals surface area contributed by atoms with Crippen LogP contribution in [-0.2, 0) is 0 Å². The van der Waals surface area contributed by atoms with Gasteiger partial charge >= 0.3 is 0 Å². The molecule has 0 N–H and O–H groups in total. The van der Waals surface area contributed by atoms with Crippen molar-refractivity contribution in [2.75, 3.05) is 11.5 Å². The Morgan fingerprint density at radius 1 is 1.33 bits per heavy atom. The Bertz CT molecular complexity index is 70.6. The molecule has 0 spiro atoms. The summed E-state index contributed by atoms with van der Waals surface area (Å²) in [4.78, 5) is 0. The lowest BCUT2D eigenvalue weighted by Crippen LogP contribution is -2.01. The molecule has 0 atom stereocenters. The maximum absolute atomic E-state index is 4.76. The van der Waals surface area contributed by atoms with Gasteiger partial charge in [-0.05, 0) is 23.9 Å². The molecular weight excluding hydrogens is 170 g/mol. The van der Waals surface area contributed by atoms with Crippen LogP contribution >= 0.6 is 36.1 Å². The summed E-state index contributed by atoms with van der Waals surface area (Å²) in [5, 5.41) is 0. The van der Waals surface area contributed by atoms with E-state index < -0.39 is 0 Å². The van der Waals surface area contributed by atoms with Gasteiger partial charge in [0.15, 0.2) is 0 Å². The molecule has 0 aromatic heterocycles. The van der Waals surface area contributed by atoms with Gasteiger partial charge in [-0.2, -0.15) is 0 Å². The van der Waals surface area contributed by atoms with Crippen LogP contribution < -0.4 is 0 Å². The lowest BCUT2D eigenvalue weighted by molar-refractivity contribution is 1.19. The lowest BCUT2D eigenvalue weighted by atomic mass is 11.0. The van der Waals surface area contributed by atoms with Crippen LogP contribution in [0.15, 0.2) is 0 Å². The first-order valence-electron chi connectivity index (χ1n) is 2.85. The molecule has 0 rings (SSSR count). The molecule has 0 amide bonds. The molecule has 0 aliphatic heterocycles. The SMILES string of the molecule is CCSN(C=S)SCC. The molecule has 0 radical (unpaired) electrons. The highest BCUT2D eigenvalue weighted by Gasteiger charge is 1.94. The number of hydrogen-bond acceptors (Lipinski definition) is 3. The van der Waals surface area contributed by atoms with E-state index in [0.717, 1.165) is 11.5 Å². The second-order valence-electron chi connectivity index (χ2n) is 1.23. The summed E-state index contributed by atoms with van der Waals surface area (Å²) in [6, 6.07) is 0. The van der Waals surface area contributed by atoms with E-state index in [1.165, 1.54) is 0 Å². The average molecular weight is 181 g/mol. The third-order valence-corrected chi connectivity index (χ3v) is 2.95. The first-order chi connectivity index (χ1) is 4.35. The second kappa shape index (κ2) is 6.71. The van der Waals surface area contributed by atoms with Gasteiger partial charge in [0.05, 0.1) is 5.49 Å². The molecule has 0 saturated carbocycles. The van der Waals surface area contributed by atoms with Crippen molar-refractivity contribution in [1.29, 1.82) is 0 Å². The van der Waals surface area contributed by atoms with E-state index in [4.69, 9.17) is 12.2 Å². The van der Waals surface area contributed by atoms with Gasteiger partial charge in [0.25, 0.3) is 0 Å². The normalized spacial score (nSPS) is 9.11. The first-order valence-corrected chi connectivity index (χ1v) is 5.21. The predicted octanol–water partition coefficient (Wildman–Crippen LogP) is 2.58. The van der Waals surface area contributed by atoms with Crippen molar-refractivity contribution in [1.82, 2.24) is 3.71 Å². The third-order valence-electron chi connectivity index (χ3n) is 0.599. The zero-order valence-electron chi connectivity index (χ0n) is 5.66. The van der Waals surface area contributed by atoms with Crippen molar-refractivity contribution >= 4 is 41.6 Å². The summed E-state index contributed by atoms with van der Waals surface area (Å²) >= 11 is 8.24. The van der Waals surface area contributed by atoms with Crippen molar-refractivity contribution in [2.45, 2.75) is 13.8 Å². The number of thiocarbonyl (C=S) groups is 1. The quantitative estimate of drug-likeness (QED) is 0.473. The van der Waals surface area contributed by atoms with Gasteiger partial charge in [-0.25, -0.2) is 0 Å². The Morgan fingerprint density at radius 3 is 2.00 bits per heavy atom. The lowest BCUT2D eigenvalue weighted by Gasteiger charge is -2.12. The van der Waals surface area contributed by atoms with Crippen LogP contribution in [0, 0.1) is 0 Å². The maximum atomic E-state index is 4.76. The highest BCUT2D eigenvalue weighted by molar-refractivity contribution is 8.13. The molecule has 9 heavy (non-hydrogen) atoms. The summed E-state index contributed by atoms with van der Waals surface area (Å²) in [6.07, 6.45) is 0. The molecule has 0 aromatic rings. The first kappa shape index (κ1) is 9.59. The highest BCUT2D eigenvalue weighted by Crippen LogP contribution is 2.17. The van der Waals surface area contributed by atoms with E-state index in [-0.39, 0.29) is 0 Å². The molecule has 0 heterocycles. The van der Waals surface area contributed by atoms with Crippen LogP contribution in [0.4, 0.5) is 0 Å². The maximum Gasteiger partial charge on any atom is 0.0862 e. The Hall–Kier alpha value is 0.590. The van der Waals surface area contributed by atoms with E-state index in [2.05, 4.69) is 13.8 Å². The fourth-order valence-electron chi connectivity index (χ4n) is 0.353. The van der Waals surface area contributed by atoms with Gasteiger partial charge in [0.2, 0.25) is 0 Å². The van der Waals surface area contributed by atoms with Crippen molar-refractivity contribution in [3.05, 3.63) is 0 Å². The Labute approximate surface area is 70.8 Å². The monoisotopic (exact) mass is 181 g/mol. The van der Waals surface area contributed by atoms with Gasteiger partial charge in [0.1, 0.15) is 0 Å². The standard InChI is InChI=1S/C5H11NS3/c1-3-8-6(5-7)9-4-2/h5H,3-4H2,1-2H3. The number of rotatable bonds is 5. The highest BCUT2D eigenvalue weighted by atomic mass is 32.2. The van der Waals surface area contributed by atoms with E-state index in [0.29, 0.717) is 0 Å². The third kappa shape index (κ3) is 5.06. The number of hydrogen-bond donors (Lipinski definition) is 0. The van der Waals surface area contributed by atoms with Crippen LogP contribution in [0.25, 0.3) is 0 Å². The van der Waals surface area contributed by atoms with Crippen molar-refractivity contribution in [2.24, 2.45) is 0 Å².